The van der Waals surface area contributed by atoms with Crippen LogP contribution in [-0.2, 0) is 6.54 Å². The summed E-state index contributed by atoms with van der Waals surface area (Å²) in [6.45, 7) is 9.98. The summed E-state index contributed by atoms with van der Waals surface area (Å²) in [6, 6.07) is 11.3. The molecule has 6 rings (SSSR count). The van der Waals surface area contributed by atoms with Crippen LogP contribution in [0.15, 0.2) is 40.9 Å². The Labute approximate surface area is 290 Å². The highest BCUT2D eigenvalue weighted by atomic mass is 35.5. The molecule has 2 saturated carbocycles. The summed E-state index contributed by atoms with van der Waals surface area (Å²) in [5, 5.41) is 9.35. The third-order valence-corrected chi connectivity index (χ3v) is 11.0. The molecule has 2 N–H and O–H groups in total. The smallest absolute Gasteiger partial charge is 0.261 e. The second kappa shape index (κ2) is 14.2. The number of nitrogens with zero attached hydrogens (tertiary/aromatic N) is 4. The molecule has 0 radical (unpaired) electrons. The molecule has 2 aliphatic carbocycles. The van der Waals surface area contributed by atoms with Gasteiger partial charge in [0.2, 0.25) is 0 Å². The van der Waals surface area contributed by atoms with Crippen LogP contribution in [0, 0.1) is 0 Å². The minimum absolute atomic E-state index is 0.117. The molecule has 2 unspecified atom stereocenters. The van der Waals surface area contributed by atoms with E-state index in [1.54, 1.807) is 19.2 Å². The zero-order chi connectivity index (χ0) is 33.3. The second-order valence-electron chi connectivity index (χ2n) is 12.8. The van der Waals surface area contributed by atoms with Gasteiger partial charge in [-0.2, -0.15) is 0 Å². The molecule has 12 heteroatoms. The van der Waals surface area contributed by atoms with Crippen molar-refractivity contribution >= 4 is 57.9 Å². The van der Waals surface area contributed by atoms with E-state index in [9.17, 15) is 4.79 Å². The summed E-state index contributed by atoms with van der Waals surface area (Å²) >= 11 is 14.7. The van der Waals surface area contributed by atoms with Gasteiger partial charge in [-0.05, 0) is 102 Å². The number of anilines is 1. The summed E-state index contributed by atoms with van der Waals surface area (Å²) in [7, 11) is 1.61. The van der Waals surface area contributed by atoms with Crippen molar-refractivity contribution in [3.05, 3.63) is 63.3 Å². The summed E-state index contributed by atoms with van der Waals surface area (Å²) in [4.78, 5) is 24.8. The molecule has 1 amide bonds. The quantitative estimate of drug-likeness (QED) is 0.118. The molecule has 2 aromatic carbocycles. The van der Waals surface area contributed by atoms with E-state index >= 15 is 0 Å². The van der Waals surface area contributed by atoms with Crippen LogP contribution in [0.25, 0.3) is 22.3 Å². The number of aromatic nitrogens is 3. The topological polar surface area (TPSA) is 105 Å². The summed E-state index contributed by atoms with van der Waals surface area (Å²) in [6.07, 6.45) is 6.21. The molecule has 0 bridgehead atoms. The van der Waals surface area contributed by atoms with E-state index in [0.717, 1.165) is 56.4 Å². The number of methoxy groups -OCH3 is 1. The normalized spacial score (nSPS) is 16.6. The van der Waals surface area contributed by atoms with Crippen molar-refractivity contribution in [2.45, 2.75) is 95.5 Å². The van der Waals surface area contributed by atoms with Gasteiger partial charge in [-0.3, -0.25) is 9.52 Å². The maximum Gasteiger partial charge on any atom is 0.261 e. The van der Waals surface area contributed by atoms with Gasteiger partial charge in [0, 0.05) is 52.5 Å². The number of fused-ring (bicyclic) bond motifs is 1. The van der Waals surface area contributed by atoms with E-state index < -0.39 is 0 Å². The van der Waals surface area contributed by atoms with E-state index in [0.29, 0.717) is 62.1 Å². The van der Waals surface area contributed by atoms with Gasteiger partial charge in [-0.1, -0.05) is 41.3 Å². The fourth-order valence-corrected chi connectivity index (χ4v) is 7.27. The molecule has 2 aliphatic rings. The Morgan fingerprint density at radius 3 is 2.53 bits per heavy atom. The Morgan fingerprint density at radius 1 is 1.15 bits per heavy atom. The summed E-state index contributed by atoms with van der Waals surface area (Å²) < 4.78 is 14.8. The fraction of sp³-hybridized carbons (Fsp3) is 0.486. The third-order valence-electron chi connectivity index (χ3n) is 9.21. The van der Waals surface area contributed by atoms with Crippen LogP contribution < -0.4 is 19.7 Å². The number of hydrogen-bond acceptors (Lipinski definition) is 9. The largest absolute Gasteiger partial charge is 0.478 e. The monoisotopic (exact) mass is 696 g/mol. The van der Waals surface area contributed by atoms with Gasteiger partial charge < -0.3 is 19.5 Å². The van der Waals surface area contributed by atoms with Crippen LogP contribution in [-0.4, -0.2) is 51.5 Å². The second-order valence-corrected chi connectivity index (χ2v) is 15.1. The van der Waals surface area contributed by atoms with Crippen molar-refractivity contribution in [3.8, 4) is 17.1 Å². The average molecular weight is 698 g/mol. The van der Waals surface area contributed by atoms with Crippen molar-refractivity contribution < 1.29 is 14.1 Å². The van der Waals surface area contributed by atoms with Crippen LogP contribution in [0.5, 0.6) is 5.88 Å². The van der Waals surface area contributed by atoms with Gasteiger partial charge in [0.1, 0.15) is 11.5 Å². The van der Waals surface area contributed by atoms with E-state index in [4.69, 9.17) is 42.4 Å². The van der Waals surface area contributed by atoms with Crippen molar-refractivity contribution in [2.75, 3.05) is 18.6 Å². The number of amides is 1. The molecule has 9 nitrogen and oxygen atoms in total. The Hall–Kier alpha value is -3.05. The predicted molar refractivity (Wildman–Crippen MR) is 191 cm³/mol. The predicted octanol–water partition coefficient (Wildman–Crippen LogP) is 8.58. The molecular formula is C35H42Cl2N6O3S. The van der Waals surface area contributed by atoms with Gasteiger partial charge in [-0.25, -0.2) is 9.97 Å². The molecule has 250 valence electrons. The van der Waals surface area contributed by atoms with Crippen LogP contribution >= 0.6 is 35.1 Å². The first-order chi connectivity index (χ1) is 22.6. The minimum Gasteiger partial charge on any atom is -0.478 e. The Morgan fingerprint density at radius 2 is 1.89 bits per heavy atom. The Kier molecular flexibility index (Phi) is 10.2. The van der Waals surface area contributed by atoms with Crippen LogP contribution in [0.4, 0.5) is 5.82 Å². The van der Waals surface area contributed by atoms with Crippen LogP contribution in [0.2, 0.25) is 10.0 Å². The number of carbonyl (C=O) groups excluding carboxylic acids is 1. The lowest BCUT2D eigenvalue weighted by Crippen LogP contribution is -2.40. The lowest BCUT2D eigenvalue weighted by Gasteiger charge is -2.32. The fourth-order valence-electron chi connectivity index (χ4n) is 5.93. The van der Waals surface area contributed by atoms with Gasteiger partial charge in [0.15, 0.2) is 5.82 Å². The third kappa shape index (κ3) is 7.51. The standard InChI is InChI=1S/C35H42Cl2N6O3S/c1-6-23(38-19-24-30(41-46-31(24)21-11-12-21)29-25(36)9-8-10-26(29)37)17-20(3)43(7-2)32-34(45-5)40-28-18-22(13-14-27(28)39-32)33(44)42-47-35(4)15-16-35/h8-10,13-14,18,20-21,23,38H,6-7,11-12,15-17,19H2,1-5H3,(H,42,44). The molecule has 2 fully saturated rings. The minimum atomic E-state index is -0.130. The highest BCUT2D eigenvalue weighted by Crippen LogP contribution is 2.47. The number of benzene rings is 2. The number of hydrogen-bond donors (Lipinski definition) is 2. The first kappa shape index (κ1) is 33.8. The lowest BCUT2D eigenvalue weighted by molar-refractivity contribution is 0.0984. The number of rotatable bonds is 15. The first-order valence-corrected chi connectivity index (χ1v) is 18.0. The van der Waals surface area contributed by atoms with Gasteiger partial charge in [0.25, 0.3) is 11.8 Å². The van der Waals surface area contributed by atoms with E-state index in [-0.39, 0.29) is 22.7 Å². The van der Waals surface area contributed by atoms with Crippen LogP contribution in [0.3, 0.4) is 0 Å². The molecule has 2 atom stereocenters. The maximum atomic E-state index is 12.8. The van der Waals surface area contributed by atoms with Crippen LogP contribution in [0.1, 0.15) is 93.8 Å². The summed E-state index contributed by atoms with van der Waals surface area (Å²) in [5.74, 6) is 2.30. The highest BCUT2D eigenvalue weighted by Gasteiger charge is 2.39. The zero-order valence-electron chi connectivity index (χ0n) is 27.5. The molecule has 0 aliphatic heterocycles. The Balaban J connectivity index is 1.18. The molecule has 47 heavy (non-hydrogen) atoms. The van der Waals surface area contributed by atoms with Crippen molar-refractivity contribution in [1.82, 2.24) is 25.2 Å². The van der Waals surface area contributed by atoms with Gasteiger partial charge >= 0.3 is 0 Å². The zero-order valence-corrected chi connectivity index (χ0v) is 29.9. The van der Waals surface area contributed by atoms with E-state index in [1.807, 2.05) is 24.3 Å². The number of ether oxygens (including phenoxy) is 1. The number of nitrogens with one attached hydrogen (secondary N) is 2. The van der Waals surface area contributed by atoms with Crippen molar-refractivity contribution in [1.29, 1.82) is 0 Å². The molecule has 2 heterocycles. The number of halogens is 2. The molecule has 4 aromatic rings. The molecular weight excluding hydrogens is 655 g/mol. The Bertz CT molecular complexity index is 1740. The van der Waals surface area contributed by atoms with Gasteiger partial charge in [0.05, 0.1) is 28.2 Å². The van der Waals surface area contributed by atoms with Crippen molar-refractivity contribution in [2.24, 2.45) is 0 Å². The molecule has 0 spiro atoms. The van der Waals surface area contributed by atoms with Crippen molar-refractivity contribution in [3.63, 3.8) is 0 Å². The summed E-state index contributed by atoms with van der Waals surface area (Å²) in [5.41, 5.74) is 4.32. The van der Waals surface area contributed by atoms with E-state index in [2.05, 4.69) is 47.8 Å². The average Bonchev–Trinajstić information content (AvgIpc) is 4.00. The number of carbonyl (C=O) groups is 1. The van der Waals surface area contributed by atoms with Gasteiger partial charge in [-0.15, -0.1) is 0 Å². The van der Waals surface area contributed by atoms with E-state index in [1.165, 1.54) is 11.9 Å². The highest BCUT2D eigenvalue weighted by molar-refractivity contribution is 7.99. The molecule has 0 saturated heterocycles. The molecule has 2 aromatic heterocycles. The SMILES string of the molecule is CCC(CC(C)N(CC)c1nc2ccc(C(=O)NSC3(C)CC3)cc2nc1OC)NCc1c(-c2c(Cl)cccc2Cl)noc1C1CC1. The lowest BCUT2D eigenvalue weighted by atomic mass is 10.0. The first-order valence-electron chi connectivity index (χ1n) is 16.4. The maximum absolute atomic E-state index is 12.8.